The Labute approximate surface area is 214 Å². The smallest absolute Gasteiger partial charge is 0.231 e. The maximum Gasteiger partial charge on any atom is 0.231 e. The molecule has 8 heteroatoms. The highest BCUT2D eigenvalue weighted by atomic mass is 16.5. The number of benzene rings is 3. The van der Waals surface area contributed by atoms with Crippen LogP contribution >= 0.6 is 0 Å². The van der Waals surface area contributed by atoms with Crippen molar-refractivity contribution in [3.05, 3.63) is 78.2 Å². The Balaban J connectivity index is 1.25. The molecule has 2 aromatic heterocycles. The van der Waals surface area contributed by atoms with Gasteiger partial charge in [-0.3, -0.25) is 4.79 Å². The number of aryl methyl sites for hydroxylation is 1. The number of methoxy groups -OCH3 is 2. The molecule has 3 aromatic carbocycles. The maximum atomic E-state index is 13.3. The van der Waals surface area contributed by atoms with Crippen molar-refractivity contribution in [1.82, 2.24) is 14.5 Å². The quantitative estimate of drug-likeness (QED) is 0.358. The van der Waals surface area contributed by atoms with E-state index in [1.165, 1.54) is 6.33 Å². The van der Waals surface area contributed by atoms with Crippen LogP contribution in [0.15, 0.2) is 67.1 Å². The lowest BCUT2D eigenvalue weighted by molar-refractivity contribution is -0.117. The number of hydrogen-bond donors (Lipinski definition) is 1. The number of anilines is 3. The summed E-state index contributed by atoms with van der Waals surface area (Å²) in [6.07, 6.45) is 4.77. The van der Waals surface area contributed by atoms with E-state index >= 15 is 0 Å². The Morgan fingerprint density at radius 1 is 1.00 bits per heavy atom. The highest BCUT2D eigenvalue weighted by Crippen LogP contribution is 2.36. The zero-order valence-corrected chi connectivity index (χ0v) is 21.0. The minimum absolute atomic E-state index is 0.110. The number of nitrogens with one attached hydrogen (secondary N) is 1. The van der Waals surface area contributed by atoms with Gasteiger partial charge in [0, 0.05) is 53.5 Å². The molecule has 37 heavy (non-hydrogen) atoms. The normalized spacial score (nSPS) is 12.7. The number of hydrogen-bond acceptors (Lipinski definition) is 6. The predicted molar refractivity (Wildman–Crippen MR) is 145 cm³/mol. The van der Waals surface area contributed by atoms with Crippen molar-refractivity contribution < 1.29 is 14.3 Å². The Morgan fingerprint density at radius 3 is 2.65 bits per heavy atom. The monoisotopic (exact) mass is 493 g/mol. The fourth-order valence-corrected chi connectivity index (χ4v) is 5.18. The first-order chi connectivity index (χ1) is 18.1. The summed E-state index contributed by atoms with van der Waals surface area (Å²) in [4.78, 5) is 24.1. The molecule has 0 atom stereocenters. The maximum absolute atomic E-state index is 13.3. The molecule has 6 rings (SSSR count). The van der Waals surface area contributed by atoms with E-state index in [4.69, 9.17) is 9.47 Å². The molecule has 1 N–H and O–H groups in total. The molecule has 3 heterocycles. The molecule has 0 aliphatic carbocycles. The lowest BCUT2D eigenvalue weighted by atomic mass is 10.1. The standard InChI is InChI=1S/C29H27N5O3/c1-33-16-19(21-6-4-5-7-25(21)33)13-28(35)34-11-10-18-12-20(8-9-24(18)34)32-29-22-14-26(36-2)27(37-3)15-23(22)30-17-31-29/h4-9,12,14-17H,10-11,13H2,1-3H3,(H,30,31,32). The first-order valence-corrected chi connectivity index (χ1v) is 12.2. The molecule has 0 unspecified atom stereocenters. The minimum atomic E-state index is 0.110. The van der Waals surface area contributed by atoms with Crippen LogP contribution in [0.25, 0.3) is 21.8 Å². The number of nitrogens with zero attached hydrogens (tertiary/aromatic N) is 4. The summed E-state index contributed by atoms with van der Waals surface area (Å²) >= 11 is 0. The molecule has 1 aliphatic rings. The van der Waals surface area contributed by atoms with Gasteiger partial charge in [-0.2, -0.15) is 0 Å². The molecule has 8 nitrogen and oxygen atoms in total. The van der Waals surface area contributed by atoms with E-state index in [2.05, 4.69) is 44.2 Å². The summed E-state index contributed by atoms with van der Waals surface area (Å²) < 4.78 is 12.9. The summed E-state index contributed by atoms with van der Waals surface area (Å²) in [5.41, 5.74) is 5.94. The van der Waals surface area contributed by atoms with E-state index in [9.17, 15) is 4.79 Å². The van der Waals surface area contributed by atoms with E-state index in [0.29, 0.717) is 30.3 Å². The molecule has 186 valence electrons. The van der Waals surface area contributed by atoms with Gasteiger partial charge in [-0.1, -0.05) is 18.2 Å². The summed E-state index contributed by atoms with van der Waals surface area (Å²) in [6.45, 7) is 0.676. The minimum Gasteiger partial charge on any atom is -0.493 e. The summed E-state index contributed by atoms with van der Waals surface area (Å²) in [5, 5.41) is 5.37. The number of aromatic nitrogens is 3. The van der Waals surface area contributed by atoms with Gasteiger partial charge in [0.25, 0.3) is 0 Å². The topological polar surface area (TPSA) is 81.5 Å². The van der Waals surface area contributed by atoms with E-state index in [0.717, 1.165) is 50.7 Å². The molecular weight excluding hydrogens is 466 g/mol. The first kappa shape index (κ1) is 22.8. The largest absolute Gasteiger partial charge is 0.493 e. The zero-order valence-electron chi connectivity index (χ0n) is 21.0. The van der Waals surface area contributed by atoms with Crippen LogP contribution in [-0.4, -0.2) is 41.2 Å². The molecule has 5 aromatic rings. The van der Waals surface area contributed by atoms with Gasteiger partial charge in [0.1, 0.15) is 12.1 Å². The molecule has 0 spiro atoms. The second-order valence-electron chi connectivity index (χ2n) is 9.17. The molecule has 1 amide bonds. The first-order valence-electron chi connectivity index (χ1n) is 12.2. The third kappa shape index (κ3) is 4.00. The van der Waals surface area contributed by atoms with E-state index in [1.807, 2.05) is 48.3 Å². The molecule has 0 bridgehead atoms. The van der Waals surface area contributed by atoms with Crippen LogP contribution in [0, 0.1) is 0 Å². The summed E-state index contributed by atoms with van der Waals surface area (Å²) in [6, 6.07) is 18.0. The second-order valence-corrected chi connectivity index (χ2v) is 9.17. The van der Waals surface area contributed by atoms with Crippen LogP contribution in [0.4, 0.5) is 17.2 Å². The Morgan fingerprint density at radius 2 is 1.81 bits per heavy atom. The molecule has 0 saturated heterocycles. The van der Waals surface area contributed by atoms with Crippen molar-refractivity contribution in [3.63, 3.8) is 0 Å². The van der Waals surface area contributed by atoms with Crippen LogP contribution < -0.4 is 19.7 Å². The SMILES string of the molecule is COc1cc2ncnc(Nc3ccc4c(c3)CCN4C(=O)Cc3cn(C)c4ccccc34)c2cc1OC. The third-order valence-electron chi connectivity index (χ3n) is 7.00. The molecule has 0 radical (unpaired) electrons. The predicted octanol–water partition coefficient (Wildman–Crippen LogP) is 5.01. The number of amides is 1. The summed E-state index contributed by atoms with van der Waals surface area (Å²) in [5.74, 6) is 2.01. The number of fused-ring (bicyclic) bond motifs is 3. The number of rotatable bonds is 6. The summed E-state index contributed by atoms with van der Waals surface area (Å²) in [7, 11) is 5.22. The second kappa shape index (κ2) is 9.13. The number of ether oxygens (including phenoxy) is 2. The Kier molecular flexibility index (Phi) is 5.64. The van der Waals surface area contributed by atoms with Crippen LogP contribution in [0.1, 0.15) is 11.1 Å². The van der Waals surface area contributed by atoms with Crippen molar-refractivity contribution in [2.24, 2.45) is 7.05 Å². The van der Waals surface area contributed by atoms with Gasteiger partial charge in [0.05, 0.1) is 26.2 Å². The van der Waals surface area contributed by atoms with E-state index in [-0.39, 0.29) is 5.91 Å². The fourth-order valence-electron chi connectivity index (χ4n) is 5.18. The fraction of sp³-hybridized carbons (Fsp3) is 0.207. The zero-order chi connectivity index (χ0) is 25.5. The molecule has 0 fully saturated rings. The molecule has 0 saturated carbocycles. The van der Waals surface area contributed by atoms with Gasteiger partial charge in [0.15, 0.2) is 11.5 Å². The van der Waals surface area contributed by atoms with Crippen LogP contribution in [0.5, 0.6) is 11.5 Å². The third-order valence-corrected chi connectivity index (χ3v) is 7.00. The van der Waals surface area contributed by atoms with Crippen LogP contribution in [0.2, 0.25) is 0 Å². The van der Waals surface area contributed by atoms with Gasteiger partial charge in [0.2, 0.25) is 5.91 Å². The number of carbonyl (C=O) groups excluding carboxylic acids is 1. The van der Waals surface area contributed by atoms with Crippen LogP contribution in [-0.2, 0) is 24.7 Å². The highest BCUT2D eigenvalue weighted by molar-refractivity contribution is 6.00. The lowest BCUT2D eigenvalue weighted by Crippen LogP contribution is -2.30. The van der Waals surface area contributed by atoms with Gasteiger partial charge in [-0.15, -0.1) is 0 Å². The van der Waals surface area contributed by atoms with Crippen molar-refractivity contribution in [2.75, 3.05) is 31.0 Å². The van der Waals surface area contributed by atoms with E-state index in [1.54, 1.807) is 14.2 Å². The van der Waals surface area contributed by atoms with Crippen molar-refractivity contribution in [3.8, 4) is 11.5 Å². The van der Waals surface area contributed by atoms with Crippen LogP contribution in [0.3, 0.4) is 0 Å². The highest BCUT2D eigenvalue weighted by Gasteiger charge is 2.26. The Hall–Kier alpha value is -4.59. The molecular formula is C29H27N5O3. The Bertz CT molecular complexity index is 1660. The van der Waals surface area contributed by atoms with Gasteiger partial charge in [-0.05, 0) is 47.9 Å². The number of carbonyl (C=O) groups is 1. The van der Waals surface area contributed by atoms with Gasteiger partial charge >= 0.3 is 0 Å². The van der Waals surface area contributed by atoms with Crippen molar-refractivity contribution in [2.45, 2.75) is 12.8 Å². The van der Waals surface area contributed by atoms with Crippen molar-refractivity contribution >= 4 is 44.9 Å². The van der Waals surface area contributed by atoms with Gasteiger partial charge < -0.3 is 24.3 Å². The van der Waals surface area contributed by atoms with Crippen molar-refractivity contribution in [1.29, 1.82) is 0 Å². The molecule has 1 aliphatic heterocycles. The average Bonchev–Trinajstić information content (AvgIpc) is 3.48. The van der Waals surface area contributed by atoms with Gasteiger partial charge in [-0.25, -0.2) is 9.97 Å². The lowest BCUT2D eigenvalue weighted by Gasteiger charge is -2.18. The average molecular weight is 494 g/mol. The number of para-hydroxylation sites is 1. The van der Waals surface area contributed by atoms with E-state index < -0.39 is 0 Å².